The number of halogens is 6. The third-order valence-corrected chi connectivity index (χ3v) is 8.41. The Bertz CT molecular complexity index is 1760. The minimum absolute atomic E-state index is 0.0744. The van der Waals surface area contributed by atoms with E-state index in [0.717, 1.165) is 23.5 Å². The molecule has 0 saturated carbocycles. The number of aromatic hydroxyl groups is 1. The fraction of sp³-hybridized carbons (Fsp3) is 0.367. The van der Waals surface area contributed by atoms with Gasteiger partial charge in [-0.2, -0.15) is 36.4 Å². The molecule has 1 atom stereocenters. The molecule has 2 N–H and O–H groups in total. The van der Waals surface area contributed by atoms with Crippen LogP contribution < -0.4 is 4.90 Å². The summed E-state index contributed by atoms with van der Waals surface area (Å²) >= 11 is 1.00. The first-order valence-electron chi connectivity index (χ1n) is 13.8. The van der Waals surface area contributed by atoms with Crippen LogP contribution in [0.5, 0.6) is 5.88 Å². The number of aromatic amines is 1. The average molecular weight is 654 g/mol. The van der Waals surface area contributed by atoms with E-state index in [0.29, 0.717) is 47.2 Å². The van der Waals surface area contributed by atoms with Crippen LogP contribution in [0.25, 0.3) is 22.6 Å². The van der Waals surface area contributed by atoms with Crippen molar-refractivity contribution in [1.82, 2.24) is 20.1 Å². The number of nitrogens with one attached hydrogen (secondary N) is 1. The van der Waals surface area contributed by atoms with E-state index in [-0.39, 0.29) is 22.6 Å². The molecule has 1 amide bonds. The summed E-state index contributed by atoms with van der Waals surface area (Å²) in [7, 11) is 1.73. The maximum absolute atomic E-state index is 14.1. The number of anilines is 1. The summed E-state index contributed by atoms with van der Waals surface area (Å²) in [4.78, 5) is 20.3. The maximum Gasteiger partial charge on any atom is 0.417 e. The number of nitrogens with zero attached hydrogens (tertiary/aromatic N) is 4. The van der Waals surface area contributed by atoms with E-state index in [9.17, 15) is 36.2 Å². The van der Waals surface area contributed by atoms with Crippen molar-refractivity contribution < 1.29 is 41.0 Å². The second-order valence-corrected chi connectivity index (χ2v) is 12.6. The standard InChI is InChI=1S/C30H29F6N5O3S/c1-28(2,3)44-27(43)41-10-9-20(15-41)40(4)26-38-25(42)24(45-26)21(16-6-8-23-18(11-16)14-37-39-23)12-17-5-7-19(29(31,32)33)13-22(17)30(34,35)36/h5-8,11-14,20,42H,9-10,15H2,1-4H3,(H,37,39). The van der Waals surface area contributed by atoms with Crippen molar-refractivity contribution in [3.05, 3.63) is 69.7 Å². The van der Waals surface area contributed by atoms with Gasteiger partial charge in [0, 0.05) is 31.1 Å². The maximum atomic E-state index is 14.1. The third-order valence-electron chi connectivity index (χ3n) is 7.24. The number of benzene rings is 2. The molecule has 1 saturated heterocycles. The summed E-state index contributed by atoms with van der Waals surface area (Å²) < 4.78 is 87.7. The predicted molar refractivity (Wildman–Crippen MR) is 158 cm³/mol. The average Bonchev–Trinajstić information content (AvgIpc) is 3.69. The van der Waals surface area contributed by atoms with Gasteiger partial charge in [-0.3, -0.25) is 5.10 Å². The number of likely N-dealkylation sites (tertiary alicyclic amines) is 1. The number of rotatable bonds is 5. The zero-order chi connectivity index (χ0) is 32.9. The minimum Gasteiger partial charge on any atom is -0.492 e. The molecule has 0 bridgehead atoms. The number of aromatic nitrogens is 3. The van der Waals surface area contributed by atoms with E-state index in [2.05, 4.69) is 15.2 Å². The van der Waals surface area contributed by atoms with Gasteiger partial charge in [0.1, 0.15) is 10.5 Å². The number of ether oxygens (including phenoxy) is 1. The topological polar surface area (TPSA) is 94.6 Å². The molecule has 1 aliphatic rings. The smallest absolute Gasteiger partial charge is 0.417 e. The van der Waals surface area contributed by atoms with Crippen LogP contribution in [-0.2, 0) is 17.1 Å². The Labute approximate surface area is 257 Å². The summed E-state index contributed by atoms with van der Waals surface area (Å²) in [6.07, 6.45) is -7.36. The highest BCUT2D eigenvalue weighted by atomic mass is 32.1. The van der Waals surface area contributed by atoms with E-state index in [1.807, 2.05) is 0 Å². The highest BCUT2D eigenvalue weighted by Gasteiger charge is 2.38. The Morgan fingerprint density at radius 3 is 2.51 bits per heavy atom. The summed E-state index contributed by atoms with van der Waals surface area (Å²) in [5.74, 6) is -0.470. The van der Waals surface area contributed by atoms with Gasteiger partial charge < -0.3 is 19.6 Å². The molecule has 15 heteroatoms. The Kier molecular flexibility index (Phi) is 8.27. The number of amides is 1. The largest absolute Gasteiger partial charge is 0.492 e. The van der Waals surface area contributed by atoms with Gasteiger partial charge in [0.2, 0.25) is 5.88 Å². The molecule has 1 fully saturated rings. The lowest BCUT2D eigenvalue weighted by Gasteiger charge is -2.26. The molecular formula is C30H29F6N5O3S. The summed E-state index contributed by atoms with van der Waals surface area (Å²) in [6, 6.07) is 6.11. The minimum atomic E-state index is -5.10. The summed E-state index contributed by atoms with van der Waals surface area (Å²) in [5.41, 5.74) is -2.97. The van der Waals surface area contributed by atoms with Crippen molar-refractivity contribution in [2.75, 3.05) is 25.0 Å². The van der Waals surface area contributed by atoms with Crippen LogP contribution in [0.3, 0.4) is 0 Å². The Hall–Kier alpha value is -4.27. The van der Waals surface area contributed by atoms with Crippen molar-refractivity contribution in [2.24, 2.45) is 0 Å². The first-order valence-corrected chi connectivity index (χ1v) is 14.6. The molecule has 4 aromatic rings. The first-order chi connectivity index (χ1) is 20.9. The highest BCUT2D eigenvalue weighted by Crippen LogP contribution is 2.43. The molecule has 8 nitrogen and oxygen atoms in total. The molecule has 0 aliphatic carbocycles. The van der Waals surface area contributed by atoms with Crippen molar-refractivity contribution in [3.8, 4) is 5.88 Å². The molecular weight excluding hydrogens is 624 g/mol. The summed E-state index contributed by atoms with van der Waals surface area (Å²) in [5, 5.41) is 18.7. The Morgan fingerprint density at radius 1 is 1.11 bits per heavy atom. The first kappa shape index (κ1) is 32.1. The number of carbonyl (C=O) groups excluding carboxylic acids is 1. The number of alkyl halides is 6. The van der Waals surface area contributed by atoms with Gasteiger partial charge in [0.05, 0.1) is 28.9 Å². The van der Waals surface area contributed by atoms with E-state index >= 15 is 0 Å². The second kappa shape index (κ2) is 11.6. The second-order valence-electron chi connectivity index (χ2n) is 11.7. The lowest BCUT2D eigenvalue weighted by atomic mass is 9.96. The molecule has 1 aliphatic heterocycles. The molecule has 2 aromatic carbocycles. The van der Waals surface area contributed by atoms with Crippen LogP contribution in [0.2, 0.25) is 0 Å². The molecule has 0 spiro atoms. The molecule has 2 aromatic heterocycles. The van der Waals surface area contributed by atoms with Gasteiger partial charge in [0.15, 0.2) is 5.13 Å². The molecule has 3 heterocycles. The molecule has 45 heavy (non-hydrogen) atoms. The molecule has 0 radical (unpaired) electrons. The number of fused-ring (bicyclic) bond motifs is 1. The number of thiazole rings is 1. The van der Waals surface area contributed by atoms with Gasteiger partial charge in [-0.15, -0.1) is 0 Å². The quantitative estimate of drug-likeness (QED) is 0.169. The predicted octanol–water partition coefficient (Wildman–Crippen LogP) is 7.80. The monoisotopic (exact) mass is 653 g/mol. The molecule has 5 rings (SSSR count). The van der Waals surface area contributed by atoms with E-state index in [4.69, 9.17) is 4.74 Å². The number of likely N-dealkylation sites (N-methyl/N-ethyl adjacent to an activating group) is 1. The lowest BCUT2D eigenvalue weighted by molar-refractivity contribution is -0.143. The zero-order valence-electron chi connectivity index (χ0n) is 24.5. The fourth-order valence-electron chi connectivity index (χ4n) is 4.98. The Morgan fingerprint density at radius 2 is 1.84 bits per heavy atom. The van der Waals surface area contributed by atoms with Crippen LogP contribution in [0.1, 0.15) is 54.3 Å². The van der Waals surface area contributed by atoms with Crippen LogP contribution in [0.4, 0.5) is 36.3 Å². The van der Waals surface area contributed by atoms with Gasteiger partial charge in [-0.25, -0.2) is 4.79 Å². The van der Waals surface area contributed by atoms with Crippen LogP contribution in [0, 0.1) is 0 Å². The van der Waals surface area contributed by atoms with Crippen LogP contribution >= 0.6 is 11.3 Å². The van der Waals surface area contributed by atoms with E-state index in [1.54, 1.807) is 55.8 Å². The van der Waals surface area contributed by atoms with Crippen LogP contribution in [-0.4, -0.2) is 63.1 Å². The van der Waals surface area contributed by atoms with Crippen molar-refractivity contribution in [1.29, 1.82) is 0 Å². The van der Waals surface area contributed by atoms with Gasteiger partial charge in [-0.05, 0) is 68.7 Å². The van der Waals surface area contributed by atoms with Gasteiger partial charge in [0.25, 0.3) is 0 Å². The SMILES string of the molecule is CN(c1nc(O)c(C(=Cc2ccc(C(F)(F)F)cc2C(F)(F)F)c2ccc3[nH]ncc3c2)s1)C1CCN(C(=O)OC(C)(C)C)C1. The third kappa shape index (κ3) is 7.02. The fourth-order valence-corrected chi connectivity index (χ4v) is 6.01. The number of hydrogen-bond donors (Lipinski definition) is 2. The van der Waals surface area contributed by atoms with Crippen LogP contribution in [0.15, 0.2) is 42.6 Å². The van der Waals surface area contributed by atoms with Gasteiger partial charge >= 0.3 is 18.4 Å². The van der Waals surface area contributed by atoms with Gasteiger partial charge in [-0.1, -0.05) is 23.5 Å². The number of H-pyrrole nitrogens is 1. The molecule has 240 valence electrons. The Balaban J connectivity index is 1.56. The number of carbonyl (C=O) groups is 1. The zero-order valence-corrected chi connectivity index (χ0v) is 25.4. The van der Waals surface area contributed by atoms with Crippen molar-refractivity contribution in [2.45, 2.75) is 51.2 Å². The summed E-state index contributed by atoms with van der Waals surface area (Å²) in [6.45, 7) is 6.05. The lowest BCUT2D eigenvalue weighted by Crippen LogP contribution is -2.39. The molecule has 1 unspecified atom stereocenters. The highest BCUT2D eigenvalue weighted by molar-refractivity contribution is 7.17. The normalized spacial score (nSPS) is 16.4. The van der Waals surface area contributed by atoms with Crippen molar-refractivity contribution >= 4 is 45.1 Å². The van der Waals surface area contributed by atoms with E-state index in [1.165, 1.54) is 6.20 Å². The van der Waals surface area contributed by atoms with Crippen molar-refractivity contribution in [3.63, 3.8) is 0 Å². The van der Waals surface area contributed by atoms with E-state index < -0.39 is 46.6 Å². The number of hydrogen-bond acceptors (Lipinski definition) is 7.